The number of nitrogens with one attached hydrogen (secondary N) is 1. The first kappa shape index (κ1) is 17.7. The highest BCUT2D eigenvalue weighted by molar-refractivity contribution is 6.41. The van der Waals surface area contributed by atoms with Gasteiger partial charge < -0.3 is 9.73 Å². The fourth-order valence-electron chi connectivity index (χ4n) is 2.52. The van der Waals surface area contributed by atoms with Crippen molar-refractivity contribution >= 4 is 40.2 Å². The van der Waals surface area contributed by atoms with E-state index < -0.39 is 0 Å². The van der Waals surface area contributed by atoms with Crippen LogP contribution in [0.2, 0.25) is 10.2 Å². The zero-order chi connectivity index (χ0) is 18.0. The Morgan fingerprint density at radius 3 is 2.72 bits per heavy atom. The van der Waals surface area contributed by atoms with Crippen LogP contribution >= 0.6 is 23.2 Å². The molecular formula is C18H17Cl2N3O2. The topological polar surface area (TPSA) is 68.0 Å². The summed E-state index contributed by atoms with van der Waals surface area (Å²) in [6, 6.07) is 8.64. The van der Waals surface area contributed by atoms with Crippen molar-refractivity contribution < 1.29 is 9.21 Å². The summed E-state index contributed by atoms with van der Waals surface area (Å²) in [6.45, 7) is 4.14. The Morgan fingerprint density at radius 2 is 2.04 bits per heavy atom. The predicted octanol–water partition coefficient (Wildman–Crippen LogP) is 5.05. The van der Waals surface area contributed by atoms with E-state index in [9.17, 15) is 4.79 Å². The van der Waals surface area contributed by atoms with Crippen molar-refractivity contribution in [3.05, 3.63) is 58.2 Å². The lowest BCUT2D eigenvalue weighted by Crippen LogP contribution is -2.29. The number of oxazole rings is 1. The number of para-hydroxylation sites is 2. The van der Waals surface area contributed by atoms with Gasteiger partial charge in [0.05, 0.1) is 10.6 Å². The molecule has 1 aromatic carbocycles. The second-order valence-corrected chi connectivity index (χ2v) is 6.94. The van der Waals surface area contributed by atoms with Gasteiger partial charge in [-0.05, 0) is 30.5 Å². The van der Waals surface area contributed by atoms with Crippen LogP contribution in [0.15, 0.2) is 40.9 Å². The van der Waals surface area contributed by atoms with E-state index in [2.05, 4.69) is 29.1 Å². The van der Waals surface area contributed by atoms with Crippen LogP contribution in [-0.4, -0.2) is 15.9 Å². The van der Waals surface area contributed by atoms with Crippen molar-refractivity contribution in [3.63, 3.8) is 0 Å². The summed E-state index contributed by atoms with van der Waals surface area (Å²) in [6.07, 6.45) is 2.08. The molecule has 2 heterocycles. The molecule has 0 saturated carbocycles. The molecule has 0 bridgehead atoms. The number of hydrogen-bond acceptors (Lipinski definition) is 4. The molecule has 0 aliphatic heterocycles. The molecular weight excluding hydrogens is 361 g/mol. The van der Waals surface area contributed by atoms with Gasteiger partial charge in [-0.3, -0.25) is 4.79 Å². The summed E-state index contributed by atoms with van der Waals surface area (Å²) in [7, 11) is 0. The van der Waals surface area contributed by atoms with E-state index in [1.165, 1.54) is 12.3 Å². The van der Waals surface area contributed by atoms with Gasteiger partial charge in [0.25, 0.3) is 5.91 Å². The van der Waals surface area contributed by atoms with Crippen molar-refractivity contribution in [2.24, 2.45) is 5.92 Å². The zero-order valence-electron chi connectivity index (χ0n) is 13.8. The van der Waals surface area contributed by atoms with Crippen LogP contribution in [0.4, 0.5) is 0 Å². The van der Waals surface area contributed by atoms with Crippen LogP contribution in [0.5, 0.6) is 0 Å². The number of nitrogens with zero attached hydrogens (tertiary/aromatic N) is 2. The van der Waals surface area contributed by atoms with Crippen LogP contribution in [-0.2, 0) is 0 Å². The first-order chi connectivity index (χ1) is 11.9. The molecule has 5 nitrogen and oxygen atoms in total. The lowest BCUT2D eigenvalue weighted by atomic mass is 10.0. The van der Waals surface area contributed by atoms with Gasteiger partial charge in [-0.15, -0.1) is 0 Å². The molecule has 2 aromatic heterocycles. The molecule has 25 heavy (non-hydrogen) atoms. The molecule has 0 spiro atoms. The number of benzene rings is 1. The number of halogens is 2. The van der Waals surface area contributed by atoms with Gasteiger partial charge in [-0.25, -0.2) is 9.97 Å². The SMILES string of the molecule is CC(C)C[C@H](NC(=O)c1cnc(Cl)c(Cl)c1)c1nc2ccccc2o1. The van der Waals surface area contributed by atoms with Crippen LogP contribution in [0.1, 0.15) is 42.6 Å². The second kappa shape index (κ2) is 7.42. The minimum atomic E-state index is -0.352. The minimum Gasteiger partial charge on any atom is -0.438 e. The molecule has 7 heteroatoms. The molecule has 0 radical (unpaired) electrons. The third-order valence-electron chi connectivity index (χ3n) is 3.68. The minimum absolute atomic E-state index is 0.163. The van der Waals surface area contributed by atoms with Crippen molar-refractivity contribution in [2.45, 2.75) is 26.3 Å². The second-order valence-electron chi connectivity index (χ2n) is 6.17. The number of aromatic nitrogens is 2. The largest absolute Gasteiger partial charge is 0.438 e. The summed E-state index contributed by atoms with van der Waals surface area (Å²) in [5.74, 6) is 0.516. The van der Waals surface area contributed by atoms with E-state index >= 15 is 0 Å². The molecule has 0 saturated heterocycles. The molecule has 3 rings (SSSR count). The first-order valence-corrected chi connectivity index (χ1v) is 8.67. The average molecular weight is 378 g/mol. The highest BCUT2D eigenvalue weighted by Gasteiger charge is 2.23. The Labute approximate surface area is 155 Å². The zero-order valence-corrected chi connectivity index (χ0v) is 15.3. The molecule has 0 aliphatic carbocycles. The van der Waals surface area contributed by atoms with Gasteiger partial charge in [0.15, 0.2) is 5.58 Å². The standard InChI is InChI=1S/C18H17Cl2N3O2/c1-10(2)7-14(18-23-13-5-3-4-6-15(13)25-18)22-17(24)11-8-12(19)16(20)21-9-11/h3-6,8-10,14H,7H2,1-2H3,(H,22,24)/t14-/m0/s1. The number of carbonyl (C=O) groups is 1. The quantitative estimate of drug-likeness (QED) is 0.631. The summed E-state index contributed by atoms with van der Waals surface area (Å²) in [4.78, 5) is 21.0. The third kappa shape index (κ3) is 4.11. The maximum Gasteiger partial charge on any atom is 0.253 e. The molecule has 0 aliphatic rings. The summed E-state index contributed by atoms with van der Waals surface area (Å²) >= 11 is 11.7. The Bertz CT molecular complexity index is 875. The maximum absolute atomic E-state index is 12.6. The molecule has 1 amide bonds. The molecule has 0 unspecified atom stereocenters. The number of hydrogen-bond donors (Lipinski definition) is 1. The molecule has 3 aromatic rings. The van der Waals surface area contributed by atoms with Gasteiger partial charge in [0, 0.05) is 6.20 Å². The van der Waals surface area contributed by atoms with Crippen LogP contribution < -0.4 is 5.32 Å². The van der Waals surface area contributed by atoms with E-state index in [4.69, 9.17) is 27.6 Å². The number of amides is 1. The van der Waals surface area contributed by atoms with Gasteiger partial charge in [-0.2, -0.15) is 0 Å². The molecule has 0 fully saturated rings. The third-order valence-corrected chi connectivity index (χ3v) is 4.37. The molecule has 1 atom stereocenters. The predicted molar refractivity (Wildman–Crippen MR) is 97.9 cm³/mol. The lowest BCUT2D eigenvalue weighted by Gasteiger charge is -2.17. The summed E-state index contributed by atoms with van der Waals surface area (Å²) in [5.41, 5.74) is 1.78. The van der Waals surface area contributed by atoms with Gasteiger partial charge in [0.2, 0.25) is 5.89 Å². The normalized spacial score (nSPS) is 12.5. The van der Waals surface area contributed by atoms with E-state index in [1.54, 1.807) is 0 Å². The Balaban J connectivity index is 1.87. The van der Waals surface area contributed by atoms with Crippen LogP contribution in [0.3, 0.4) is 0 Å². The van der Waals surface area contributed by atoms with E-state index in [0.29, 0.717) is 29.4 Å². The van der Waals surface area contributed by atoms with Crippen molar-refractivity contribution in [1.29, 1.82) is 0 Å². The number of carbonyl (C=O) groups excluding carboxylic acids is 1. The van der Waals surface area contributed by atoms with Crippen LogP contribution in [0.25, 0.3) is 11.1 Å². The fourth-order valence-corrected chi connectivity index (χ4v) is 2.79. The van der Waals surface area contributed by atoms with Gasteiger partial charge in [-0.1, -0.05) is 49.2 Å². The Kier molecular flexibility index (Phi) is 5.25. The highest BCUT2D eigenvalue weighted by Crippen LogP contribution is 2.26. The van der Waals surface area contributed by atoms with Gasteiger partial charge in [0.1, 0.15) is 16.7 Å². The van der Waals surface area contributed by atoms with Crippen molar-refractivity contribution in [1.82, 2.24) is 15.3 Å². The van der Waals surface area contributed by atoms with E-state index in [1.807, 2.05) is 24.3 Å². The molecule has 1 N–H and O–H groups in total. The number of fused-ring (bicyclic) bond motifs is 1. The van der Waals surface area contributed by atoms with Crippen molar-refractivity contribution in [3.8, 4) is 0 Å². The molecule has 130 valence electrons. The van der Waals surface area contributed by atoms with E-state index in [0.717, 1.165) is 5.52 Å². The average Bonchev–Trinajstić information content (AvgIpc) is 3.00. The first-order valence-electron chi connectivity index (χ1n) is 7.91. The number of rotatable bonds is 5. The lowest BCUT2D eigenvalue weighted by molar-refractivity contribution is 0.0924. The Hall–Kier alpha value is -2.11. The smallest absolute Gasteiger partial charge is 0.253 e. The highest BCUT2D eigenvalue weighted by atomic mass is 35.5. The van der Waals surface area contributed by atoms with Crippen LogP contribution in [0, 0.1) is 5.92 Å². The number of pyridine rings is 1. The fraction of sp³-hybridized carbons (Fsp3) is 0.278. The van der Waals surface area contributed by atoms with Gasteiger partial charge >= 0.3 is 0 Å². The van der Waals surface area contributed by atoms with E-state index in [-0.39, 0.29) is 22.1 Å². The maximum atomic E-state index is 12.6. The van der Waals surface area contributed by atoms with Crippen molar-refractivity contribution in [2.75, 3.05) is 0 Å². The monoisotopic (exact) mass is 377 g/mol. The summed E-state index contributed by atoms with van der Waals surface area (Å²) < 4.78 is 5.82. The Morgan fingerprint density at radius 1 is 1.28 bits per heavy atom. The summed E-state index contributed by atoms with van der Waals surface area (Å²) in [5, 5.41) is 3.35.